The highest BCUT2D eigenvalue weighted by Crippen LogP contribution is 2.34. The Hall–Kier alpha value is -1.39. The number of anilines is 2. The van der Waals surface area contributed by atoms with Gasteiger partial charge in [-0.1, -0.05) is 19.1 Å². The fourth-order valence-electron chi connectivity index (χ4n) is 2.18. The lowest BCUT2D eigenvalue weighted by molar-refractivity contribution is -0.120. The van der Waals surface area contributed by atoms with Crippen molar-refractivity contribution in [2.24, 2.45) is 0 Å². The molecule has 0 amide bonds. The summed E-state index contributed by atoms with van der Waals surface area (Å²) in [5, 5.41) is 3.17. The highest BCUT2D eigenvalue weighted by molar-refractivity contribution is 5.72. The van der Waals surface area contributed by atoms with Gasteiger partial charge in [0, 0.05) is 12.6 Å². The molecule has 0 saturated heterocycles. The van der Waals surface area contributed by atoms with Crippen LogP contribution in [0.3, 0.4) is 0 Å². The summed E-state index contributed by atoms with van der Waals surface area (Å²) in [6.45, 7) is 1.58. The van der Waals surface area contributed by atoms with Gasteiger partial charge >= 0.3 is 6.18 Å². The van der Waals surface area contributed by atoms with E-state index in [0.29, 0.717) is 18.7 Å². The van der Waals surface area contributed by atoms with E-state index >= 15 is 0 Å². The Balaban J connectivity index is 2.31. The fourth-order valence-corrected chi connectivity index (χ4v) is 2.18. The van der Waals surface area contributed by atoms with Crippen LogP contribution in [0, 0.1) is 0 Å². The molecule has 5 heteroatoms. The molecule has 0 aromatic heterocycles. The molecule has 0 fully saturated rings. The second-order valence-electron chi connectivity index (χ2n) is 4.20. The molecule has 1 heterocycles. The number of hydrogen-bond acceptors (Lipinski definition) is 2. The van der Waals surface area contributed by atoms with Crippen LogP contribution in [-0.4, -0.2) is 25.3 Å². The molecule has 0 radical (unpaired) electrons. The van der Waals surface area contributed by atoms with Crippen LogP contribution in [0.25, 0.3) is 0 Å². The summed E-state index contributed by atoms with van der Waals surface area (Å²) >= 11 is 0. The van der Waals surface area contributed by atoms with Gasteiger partial charge in [-0.05, 0) is 18.6 Å². The molecule has 1 unspecified atom stereocenters. The van der Waals surface area contributed by atoms with Gasteiger partial charge in [-0.3, -0.25) is 0 Å². The minimum absolute atomic E-state index is 0.105. The molecule has 0 bridgehead atoms. The van der Waals surface area contributed by atoms with Gasteiger partial charge in [0.25, 0.3) is 0 Å². The smallest absolute Gasteiger partial charge is 0.381 e. The zero-order valence-electron chi connectivity index (χ0n) is 9.59. The average Bonchev–Trinajstić information content (AvgIpc) is 2.28. The van der Waals surface area contributed by atoms with Crippen LogP contribution in [0.5, 0.6) is 0 Å². The van der Waals surface area contributed by atoms with Crippen molar-refractivity contribution in [1.82, 2.24) is 0 Å². The van der Waals surface area contributed by atoms with E-state index in [9.17, 15) is 13.2 Å². The molecule has 0 aliphatic carbocycles. The standard InChI is InChI=1S/C12H15F3N2/c1-2-9-7-16-10-5-3-4-6-11(10)17(9)8-12(13,14)15/h3-6,9,16H,2,7-8H2,1H3. The van der Waals surface area contributed by atoms with Gasteiger partial charge in [-0.25, -0.2) is 0 Å². The van der Waals surface area contributed by atoms with Gasteiger partial charge < -0.3 is 10.2 Å². The number of halogens is 3. The molecule has 1 aliphatic rings. The van der Waals surface area contributed by atoms with Gasteiger partial charge in [0.15, 0.2) is 0 Å². The number of alkyl halides is 3. The van der Waals surface area contributed by atoms with Gasteiger partial charge in [-0.2, -0.15) is 13.2 Å². The van der Waals surface area contributed by atoms with Crippen LogP contribution < -0.4 is 10.2 Å². The zero-order valence-corrected chi connectivity index (χ0v) is 9.59. The van der Waals surface area contributed by atoms with Crippen LogP contribution in [0.1, 0.15) is 13.3 Å². The quantitative estimate of drug-likeness (QED) is 0.859. The number of hydrogen-bond donors (Lipinski definition) is 1. The molecule has 1 N–H and O–H groups in total. The van der Waals surface area contributed by atoms with Gasteiger partial charge in [0.1, 0.15) is 6.54 Å². The molecule has 17 heavy (non-hydrogen) atoms. The molecular weight excluding hydrogens is 229 g/mol. The molecule has 1 aliphatic heterocycles. The normalized spacial score (nSPS) is 19.8. The summed E-state index contributed by atoms with van der Waals surface area (Å²) in [6, 6.07) is 7.03. The maximum absolute atomic E-state index is 12.6. The lowest BCUT2D eigenvalue weighted by Crippen LogP contribution is -2.48. The molecule has 1 atom stereocenters. The SMILES string of the molecule is CCC1CNc2ccccc2N1CC(F)(F)F. The summed E-state index contributed by atoms with van der Waals surface area (Å²) in [5.74, 6) is 0. The van der Waals surface area contributed by atoms with Crippen LogP contribution in [-0.2, 0) is 0 Å². The van der Waals surface area contributed by atoms with Crippen molar-refractivity contribution in [3.8, 4) is 0 Å². The maximum Gasteiger partial charge on any atom is 0.405 e. The van der Waals surface area contributed by atoms with E-state index in [0.717, 1.165) is 5.69 Å². The second kappa shape index (κ2) is 4.47. The first-order chi connectivity index (χ1) is 8.01. The van der Waals surface area contributed by atoms with Crippen molar-refractivity contribution in [3.63, 3.8) is 0 Å². The molecular formula is C12H15F3N2. The number of nitrogens with zero attached hydrogens (tertiary/aromatic N) is 1. The van der Waals surface area contributed by atoms with Crippen molar-refractivity contribution in [3.05, 3.63) is 24.3 Å². The lowest BCUT2D eigenvalue weighted by Gasteiger charge is -2.39. The summed E-state index contributed by atoms with van der Waals surface area (Å²) in [6.07, 6.45) is -3.48. The van der Waals surface area contributed by atoms with Crippen LogP contribution in [0.4, 0.5) is 24.5 Å². The molecule has 0 saturated carbocycles. The number of fused-ring (bicyclic) bond motifs is 1. The van der Waals surface area contributed by atoms with Crippen molar-refractivity contribution >= 4 is 11.4 Å². The highest BCUT2D eigenvalue weighted by Gasteiger charge is 2.35. The maximum atomic E-state index is 12.6. The summed E-state index contributed by atoms with van der Waals surface area (Å²) in [5.41, 5.74) is 1.42. The Morgan fingerprint density at radius 2 is 2.06 bits per heavy atom. The van der Waals surface area contributed by atoms with Crippen molar-refractivity contribution in [1.29, 1.82) is 0 Å². The number of rotatable bonds is 2. The highest BCUT2D eigenvalue weighted by atomic mass is 19.4. The predicted molar refractivity (Wildman–Crippen MR) is 62.4 cm³/mol. The van der Waals surface area contributed by atoms with E-state index in [4.69, 9.17) is 0 Å². The van der Waals surface area contributed by atoms with Crippen LogP contribution >= 0.6 is 0 Å². The Morgan fingerprint density at radius 3 is 2.71 bits per heavy atom. The average molecular weight is 244 g/mol. The Morgan fingerprint density at radius 1 is 1.35 bits per heavy atom. The molecule has 0 spiro atoms. The first-order valence-electron chi connectivity index (χ1n) is 5.67. The number of para-hydroxylation sites is 2. The third-order valence-corrected chi connectivity index (χ3v) is 3.00. The number of benzene rings is 1. The van der Waals surface area contributed by atoms with E-state index in [1.165, 1.54) is 4.90 Å². The Labute approximate surface area is 98.4 Å². The van der Waals surface area contributed by atoms with E-state index in [-0.39, 0.29) is 6.04 Å². The van der Waals surface area contributed by atoms with Gasteiger partial charge in [0.2, 0.25) is 0 Å². The van der Waals surface area contributed by atoms with Crippen molar-refractivity contribution in [2.75, 3.05) is 23.3 Å². The van der Waals surface area contributed by atoms with Gasteiger partial charge in [0.05, 0.1) is 11.4 Å². The van der Waals surface area contributed by atoms with Gasteiger partial charge in [-0.15, -0.1) is 0 Å². The largest absolute Gasteiger partial charge is 0.405 e. The Kier molecular flexibility index (Phi) is 3.17. The summed E-state index contributed by atoms with van der Waals surface area (Å²) < 4.78 is 37.7. The predicted octanol–water partition coefficient (Wildman–Crippen LogP) is 3.26. The van der Waals surface area contributed by atoms with E-state index in [2.05, 4.69) is 5.32 Å². The van der Waals surface area contributed by atoms with Crippen molar-refractivity contribution in [2.45, 2.75) is 25.6 Å². The van der Waals surface area contributed by atoms with E-state index in [1.54, 1.807) is 12.1 Å². The zero-order chi connectivity index (χ0) is 12.5. The first-order valence-corrected chi connectivity index (χ1v) is 5.67. The molecule has 1 aromatic rings. The third-order valence-electron chi connectivity index (χ3n) is 3.00. The summed E-state index contributed by atoms with van der Waals surface area (Å²) in [4.78, 5) is 1.45. The third kappa shape index (κ3) is 2.65. The number of nitrogens with one attached hydrogen (secondary N) is 1. The molecule has 2 nitrogen and oxygen atoms in total. The fraction of sp³-hybridized carbons (Fsp3) is 0.500. The first kappa shape index (κ1) is 12.1. The minimum Gasteiger partial charge on any atom is -0.381 e. The second-order valence-corrected chi connectivity index (χ2v) is 4.20. The summed E-state index contributed by atoms with van der Waals surface area (Å²) in [7, 11) is 0. The topological polar surface area (TPSA) is 15.3 Å². The lowest BCUT2D eigenvalue weighted by atomic mass is 10.1. The van der Waals surface area contributed by atoms with Crippen LogP contribution in [0.15, 0.2) is 24.3 Å². The van der Waals surface area contributed by atoms with Crippen LogP contribution in [0.2, 0.25) is 0 Å². The molecule has 1 aromatic carbocycles. The monoisotopic (exact) mass is 244 g/mol. The molecule has 2 rings (SSSR count). The van der Waals surface area contributed by atoms with Crippen molar-refractivity contribution < 1.29 is 13.2 Å². The minimum atomic E-state index is -4.17. The van der Waals surface area contributed by atoms with E-state index < -0.39 is 12.7 Å². The molecule has 94 valence electrons. The van der Waals surface area contributed by atoms with E-state index in [1.807, 2.05) is 19.1 Å². The Bertz CT molecular complexity index is 390.